The van der Waals surface area contributed by atoms with Crippen molar-refractivity contribution >= 4 is 30.8 Å². The predicted octanol–water partition coefficient (Wildman–Crippen LogP) is 1.29. The standard InChI is InChI=1S/C7H4ClN2O2S/c8-13(11,12)6-3-1-2-5-7(6)10-4-9-5/h1-3H,(H,9,10). The molecule has 1 heterocycles. The number of para-hydroxylation sites is 1. The minimum atomic E-state index is -3.73. The van der Waals surface area contributed by atoms with E-state index in [1.54, 1.807) is 12.1 Å². The lowest BCUT2D eigenvalue weighted by atomic mass is 10.3. The van der Waals surface area contributed by atoms with Crippen LogP contribution in [0.2, 0.25) is 0 Å². The second-order valence-electron chi connectivity index (χ2n) is 2.44. The predicted molar refractivity (Wildman–Crippen MR) is 48.0 cm³/mol. The van der Waals surface area contributed by atoms with E-state index in [0.717, 1.165) is 0 Å². The second kappa shape index (κ2) is 2.71. The van der Waals surface area contributed by atoms with E-state index in [-0.39, 0.29) is 4.90 Å². The lowest BCUT2D eigenvalue weighted by molar-refractivity contribution is 0.610. The Morgan fingerprint density at radius 3 is 2.92 bits per heavy atom. The molecule has 0 aliphatic heterocycles. The van der Waals surface area contributed by atoms with E-state index >= 15 is 0 Å². The maximum Gasteiger partial charge on any atom is 0.263 e. The van der Waals surface area contributed by atoms with Crippen LogP contribution in [0.5, 0.6) is 0 Å². The van der Waals surface area contributed by atoms with Crippen LogP contribution >= 0.6 is 10.7 Å². The molecule has 0 unspecified atom stereocenters. The van der Waals surface area contributed by atoms with Gasteiger partial charge in [0.25, 0.3) is 9.05 Å². The largest absolute Gasteiger partial charge is 0.335 e. The molecular weight excluding hydrogens is 212 g/mol. The van der Waals surface area contributed by atoms with Crippen molar-refractivity contribution in [1.82, 2.24) is 9.97 Å². The van der Waals surface area contributed by atoms with Gasteiger partial charge >= 0.3 is 0 Å². The number of hydrogen-bond acceptors (Lipinski definition) is 3. The Morgan fingerprint density at radius 2 is 2.23 bits per heavy atom. The van der Waals surface area contributed by atoms with E-state index in [9.17, 15) is 8.42 Å². The summed E-state index contributed by atoms with van der Waals surface area (Å²) in [7, 11) is 1.47. The zero-order valence-electron chi connectivity index (χ0n) is 6.28. The van der Waals surface area contributed by atoms with Gasteiger partial charge in [-0.2, -0.15) is 0 Å². The first-order valence-corrected chi connectivity index (χ1v) is 5.69. The van der Waals surface area contributed by atoms with E-state index in [2.05, 4.69) is 16.3 Å². The Bertz CT molecular complexity index is 546. The molecule has 0 fully saturated rings. The molecule has 0 spiro atoms. The summed E-state index contributed by atoms with van der Waals surface area (Å²) >= 11 is 0. The number of aromatic nitrogens is 2. The van der Waals surface area contributed by atoms with Crippen molar-refractivity contribution in [3.8, 4) is 0 Å². The minimum absolute atomic E-state index is 0.00386. The highest BCUT2D eigenvalue weighted by Gasteiger charge is 2.15. The van der Waals surface area contributed by atoms with Crippen molar-refractivity contribution in [3.05, 3.63) is 24.5 Å². The van der Waals surface area contributed by atoms with Crippen LogP contribution in [-0.4, -0.2) is 18.4 Å². The third-order valence-corrected chi connectivity index (χ3v) is 2.97. The van der Waals surface area contributed by atoms with Crippen LogP contribution in [0.4, 0.5) is 0 Å². The van der Waals surface area contributed by atoms with E-state index in [1.807, 2.05) is 0 Å². The molecule has 1 N–H and O–H groups in total. The van der Waals surface area contributed by atoms with E-state index in [0.29, 0.717) is 11.0 Å². The highest BCUT2D eigenvalue weighted by atomic mass is 35.7. The van der Waals surface area contributed by atoms with Crippen molar-refractivity contribution in [2.75, 3.05) is 0 Å². The van der Waals surface area contributed by atoms with Gasteiger partial charge in [-0.25, -0.2) is 13.4 Å². The van der Waals surface area contributed by atoms with Gasteiger partial charge in [-0.3, -0.25) is 0 Å². The summed E-state index contributed by atoms with van der Waals surface area (Å²) in [6.07, 6.45) is 2.45. The fourth-order valence-electron chi connectivity index (χ4n) is 1.08. The first kappa shape index (κ1) is 8.52. The van der Waals surface area contributed by atoms with Crippen molar-refractivity contribution in [3.63, 3.8) is 0 Å². The molecule has 1 aromatic heterocycles. The SMILES string of the molecule is O=S(=O)(Cl)c1cccc2[nH][c]nc12. The molecule has 4 nitrogen and oxygen atoms in total. The number of nitrogens with zero attached hydrogens (tertiary/aromatic N) is 1. The van der Waals surface area contributed by atoms with Crippen molar-refractivity contribution in [2.45, 2.75) is 4.90 Å². The monoisotopic (exact) mass is 215 g/mol. The topological polar surface area (TPSA) is 62.8 Å². The van der Waals surface area contributed by atoms with Crippen molar-refractivity contribution < 1.29 is 8.42 Å². The molecule has 2 rings (SSSR count). The second-order valence-corrected chi connectivity index (χ2v) is 4.97. The highest BCUT2D eigenvalue weighted by Crippen LogP contribution is 2.22. The number of nitrogens with one attached hydrogen (secondary N) is 1. The van der Waals surface area contributed by atoms with Gasteiger partial charge in [0.05, 0.1) is 5.52 Å². The molecule has 0 aliphatic carbocycles. The number of hydrogen-bond donors (Lipinski definition) is 1. The number of imidazole rings is 1. The van der Waals surface area contributed by atoms with Gasteiger partial charge in [0.15, 0.2) is 6.33 Å². The number of H-pyrrole nitrogens is 1. The maximum atomic E-state index is 11.0. The molecule has 0 aliphatic rings. The fraction of sp³-hybridized carbons (Fsp3) is 0. The Kier molecular flexibility index (Phi) is 1.78. The van der Waals surface area contributed by atoms with Gasteiger partial charge in [-0.05, 0) is 12.1 Å². The van der Waals surface area contributed by atoms with Crippen LogP contribution in [0.25, 0.3) is 11.0 Å². The summed E-state index contributed by atoms with van der Waals surface area (Å²) in [5, 5.41) is 0. The summed E-state index contributed by atoms with van der Waals surface area (Å²) in [6, 6.07) is 4.69. The quantitative estimate of drug-likeness (QED) is 0.730. The molecule has 6 heteroatoms. The van der Waals surface area contributed by atoms with Crippen LogP contribution in [-0.2, 0) is 9.05 Å². The molecule has 0 saturated carbocycles. The van der Waals surface area contributed by atoms with Gasteiger partial charge in [0.2, 0.25) is 0 Å². The zero-order chi connectivity index (χ0) is 9.47. The molecule has 0 atom stereocenters. The molecule has 67 valence electrons. The third kappa shape index (κ3) is 1.40. The van der Waals surface area contributed by atoms with E-state index in [1.165, 1.54) is 6.07 Å². The van der Waals surface area contributed by atoms with Crippen molar-refractivity contribution in [1.29, 1.82) is 0 Å². The first-order chi connectivity index (χ1) is 6.09. The molecule has 0 bridgehead atoms. The zero-order valence-corrected chi connectivity index (χ0v) is 7.85. The van der Waals surface area contributed by atoms with Crippen LogP contribution in [0.1, 0.15) is 0 Å². The Morgan fingerprint density at radius 1 is 1.46 bits per heavy atom. The van der Waals surface area contributed by atoms with Crippen LogP contribution in [0.15, 0.2) is 23.1 Å². The molecule has 1 radical (unpaired) electrons. The number of fused-ring (bicyclic) bond motifs is 1. The minimum Gasteiger partial charge on any atom is -0.335 e. The number of halogens is 1. The molecule has 2 aromatic rings. The van der Waals surface area contributed by atoms with Gasteiger partial charge in [0.1, 0.15) is 10.4 Å². The molecule has 0 amide bonds. The summed E-state index contributed by atoms with van der Waals surface area (Å²) in [5.74, 6) is 0. The average Bonchev–Trinajstić information content (AvgIpc) is 2.48. The lowest BCUT2D eigenvalue weighted by Crippen LogP contribution is -1.91. The molecular formula is C7H4ClN2O2S. The third-order valence-electron chi connectivity index (χ3n) is 1.62. The lowest BCUT2D eigenvalue weighted by Gasteiger charge is -1.95. The maximum absolute atomic E-state index is 11.0. The number of benzene rings is 1. The van der Waals surface area contributed by atoms with Gasteiger partial charge in [0, 0.05) is 10.7 Å². The highest BCUT2D eigenvalue weighted by molar-refractivity contribution is 8.14. The summed E-state index contributed by atoms with van der Waals surface area (Å²) in [6.45, 7) is 0. The van der Waals surface area contributed by atoms with E-state index in [4.69, 9.17) is 10.7 Å². The number of rotatable bonds is 1. The van der Waals surface area contributed by atoms with Gasteiger partial charge in [-0.15, -0.1) is 0 Å². The molecule has 1 aromatic carbocycles. The molecule has 0 saturated heterocycles. The van der Waals surface area contributed by atoms with Gasteiger partial charge in [-0.1, -0.05) is 6.07 Å². The summed E-state index contributed by atoms with van der Waals surface area (Å²) < 4.78 is 22.1. The van der Waals surface area contributed by atoms with Crippen LogP contribution in [0.3, 0.4) is 0 Å². The fourth-order valence-corrected chi connectivity index (χ4v) is 2.08. The first-order valence-electron chi connectivity index (χ1n) is 3.38. The Balaban J connectivity index is 2.91. The van der Waals surface area contributed by atoms with Crippen LogP contribution in [0, 0.1) is 6.33 Å². The van der Waals surface area contributed by atoms with Gasteiger partial charge < -0.3 is 4.98 Å². The van der Waals surface area contributed by atoms with Crippen molar-refractivity contribution in [2.24, 2.45) is 0 Å². The average molecular weight is 216 g/mol. The Hall–Kier alpha value is -1.07. The summed E-state index contributed by atoms with van der Waals surface area (Å²) in [4.78, 5) is 6.42. The smallest absolute Gasteiger partial charge is 0.263 e. The number of aromatic amines is 1. The van der Waals surface area contributed by atoms with Crippen LogP contribution < -0.4 is 0 Å². The normalized spacial score (nSPS) is 12.1. The summed E-state index contributed by atoms with van der Waals surface area (Å²) in [5.41, 5.74) is 0.916. The van der Waals surface area contributed by atoms with E-state index < -0.39 is 9.05 Å². The molecule has 13 heavy (non-hydrogen) atoms. The Labute approximate surface area is 79.0 Å².